The number of nitrogens with zero attached hydrogens (tertiary/aromatic N) is 3. The SMILES string of the molecule is COc1cc2nc(SCc3ccncc3)n(CCc3ccccc3)c(=N)c2cc1OC. The molecule has 0 saturated heterocycles. The molecule has 2 heterocycles. The molecular formula is C24H24N4O2S. The van der Waals surface area contributed by atoms with Gasteiger partial charge in [-0.1, -0.05) is 42.1 Å². The van der Waals surface area contributed by atoms with E-state index in [2.05, 4.69) is 17.1 Å². The highest BCUT2D eigenvalue weighted by Crippen LogP contribution is 2.31. The molecule has 0 unspecified atom stereocenters. The average Bonchev–Trinajstić information content (AvgIpc) is 2.82. The van der Waals surface area contributed by atoms with Gasteiger partial charge in [-0.25, -0.2) is 4.98 Å². The lowest BCUT2D eigenvalue weighted by molar-refractivity contribution is 0.355. The molecule has 0 aliphatic carbocycles. The highest BCUT2D eigenvalue weighted by molar-refractivity contribution is 7.98. The Morgan fingerprint density at radius 3 is 2.35 bits per heavy atom. The molecule has 0 bridgehead atoms. The van der Waals surface area contributed by atoms with Crippen LogP contribution in [0.5, 0.6) is 11.5 Å². The normalized spacial score (nSPS) is 10.9. The molecule has 31 heavy (non-hydrogen) atoms. The number of hydrogen-bond acceptors (Lipinski definition) is 6. The summed E-state index contributed by atoms with van der Waals surface area (Å²) >= 11 is 1.62. The lowest BCUT2D eigenvalue weighted by atomic mass is 10.1. The van der Waals surface area contributed by atoms with Gasteiger partial charge in [0.05, 0.1) is 19.7 Å². The van der Waals surface area contributed by atoms with Crippen LogP contribution in [0.1, 0.15) is 11.1 Å². The summed E-state index contributed by atoms with van der Waals surface area (Å²) in [7, 11) is 3.20. The van der Waals surface area contributed by atoms with Crippen LogP contribution in [0.4, 0.5) is 0 Å². The van der Waals surface area contributed by atoms with Crippen molar-refractivity contribution in [1.29, 1.82) is 5.41 Å². The Kier molecular flexibility index (Phi) is 6.52. The maximum Gasteiger partial charge on any atom is 0.170 e. The second kappa shape index (κ2) is 9.66. The number of methoxy groups -OCH3 is 2. The second-order valence-corrected chi connectivity index (χ2v) is 7.94. The van der Waals surface area contributed by atoms with Gasteiger partial charge >= 0.3 is 0 Å². The summed E-state index contributed by atoms with van der Waals surface area (Å²) in [5.41, 5.74) is 3.53. The first-order chi connectivity index (χ1) is 15.2. The lowest BCUT2D eigenvalue weighted by Gasteiger charge is -2.16. The van der Waals surface area contributed by atoms with Gasteiger partial charge in [0.15, 0.2) is 16.7 Å². The zero-order chi connectivity index (χ0) is 21.6. The number of aryl methyl sites for hydroxylation is 1. The van der Waals surface area contributed by atoms with Crippen LogP contribution in [-0.2, 0) is 18.7 Å². The van der Waals surface area contributed by atoms with Gasteiger partial charge in [-0.05, 0) is 35.7 Å². The molecule has 158 valence electrons. The summed E-state index contributed by atoms with van der Waals surface area (Å²) in [6.45, 7) is 0.665. The molecule has 0 spiro atoms. The molecule has 0 aliphatic heterocycles. The first kappa shape index (κ1) is 20.9. The second-order valence-electron chi connectivity index (χ2n) is 7.00. The van der Waals surface area contributed by atoms with Crippen molar-refractivity contribution in [2.24, 2.45) is 0 Å². The van der Waals surface area contributed by atoms with Crippen molar-refractivity contribution in [3.8, 4) is 11.5 Å². The molecule has 2 aromatic carbocycles. The van der Waals surface area contributed by atoms with E-state index >= 15 is 0 Å². The molecule has 6 nitrogen and oxygen atoms in total. The fraction of sp³-hybridized carbons (Fsp3) is 0.208. The molecule has 0 aliphatic rings. The molecule has 2 aromatic heterocycles. The molecule has 7 heteroatoms. The first-order valence-corrected chi connectivity index (χ1v) is 10.9. The van der Waals surface area contributed by atoms with E-state index in [1.54, 1.807) is 38.4 Å². The number of nitrogens with one attached hydrogen (secondary N) is 1. The van der Waals surface area contributed by atoms with Gasteiger partial charge in [0, 0.05) is 36.1 Å². The fourth-order valence-corrected chi connectivity index (χ4v) is 4.37. The van der Waals surface area contributed by atoms with Crippen LogP contribution in [0.3, 0.4) is 0 Å². The van der Waals surface area contributed by atoms with E-state index in [1.807, 2.05) is 47.0 Å². The standard InChI is InChI=1S/C24H24N4O2S/c1-29-21-14-19-20(15-22(21)30-2)27-24(31-16-18-8-11-26-12-9-18)28(23(19)25)13-10-17-6-4-3-5-7-17/h3-9,11-12,14-15,25H,10,13,16H2,1-2H3. The monoisotopic (exact) mass is 432 g/mol. The zero-order valence-electron chi connectivity index (χ0n) is 17.5. The largest absolute Gasteiger partial charge is 0.493 e. The van der Waals surface area contributed by atoms with Crippen LogP contribution >= 0.6 is 11.8 Å². The van der Waals surface area contributed by atoms with E-state index in [9.17, 15) is 0 Å². The molecule has 0 amide bonds. The maximum atomic E-state index is 8.93. The number of aromatic nitrogens is 3. The number of fused-ring (bicyclic) bond motifs is 1. The minimum Gasteiger partial charge on any atom is -0.493 e. The smallest absolute Gasteiger partial charge is 0.170 e. The van der Waals surface area contributed by atoms with E-state index in [0.717, 1.165) is 33.8 Å². The van der Waals surface area contributed by atoms with Crippen molar-refractivity contribution < 1.29 is 9.47 Å². The lowest BCUT2D eigenvalue weighted by Crippen LogP contribution is -2.24. The highest BCUT2D eigenvalue weighted by Gasteiger charge is 2.14. The summed E-state index contributed by atoms with van der Waals surface area (Å²) in [5.74, 6) is 1.95. The van der Waals surface area contributed by atoms with E-state index < -0.39 is 0 Å². The molecule has 0 fully saturated rings. The van der Waals surface area contributed by atoms with Crippen molar-refractivity contribution in [3.05, 3.63) is 83.6 Å². The Balaban J connectivity index is 1.76. The number of ether oxygens (including phenoxy) is 2. The number of rotatable bonds is 8. The van der Waals surface area contributed by atoms with E-state index in [4.69, 9.17) is 19.9 Å². The average molecular weight is 433 g/mol. The number of thioether (sulfide) groups is 1. The van der Waals surface area contributed by atoms with Gasteiger partial charge in [-0.15, -0.1) is 0 Å². The van der Waals surface area contributed by atoms with Crippen molar-refractivity contribution in [3.63, 3.8) is 0 Å². The predicted octanol–water partition coefficient (Wildman–Crippen LogP) is 4.46. The van der Waals surface area contributed by atoms with Crippen LogP contribution < -0.4 is 15.0 Å². The Hall–Kier alpha value is -3.32. The van der Waals surface area contributed by atoms with Crippen LogP contribution in [-0.4, -0.2) is 28.8 Å². The van der Waals surface area contributed by atoms with Gasteiger partial charge in [0.1, 0.15) is 5.49 Å². The third-order valence-corrected chi connectivity index (χ3v) is 6.11. The number of pyridine rings is 1. The number of benzene rings is 2. The van der Waals surface area contributed by atoms with Crippen molar-refractivity contribution in [2.75, 3.05) is 14.2 Å². The van der Waals surface area contributed by atoms with Crippen molar-refractivity contribution in [1.82, 2.24) is 14.5 Å². The molecule has 4 rings (SSSR count). The Morgan fingerprint density at radius 1 is 0.935 bits per heavy atom. The van der Waals surface area contributed by atoms with E-state index in [0.29, 0.717) is 23.5 Å². The maximum absolute atomic E-state index is 8.93. The first-order valence-electron chi connectivity index (χ1n) is 9.96. The Bertz CT molecular complexity index is 1230. The van der Waals surface area contributed by atoms with Gasteiger partial charge in [0.25, 0.3) is 0 Å². The minimum absolute atomic E-state index is 0.416. The van der Waals surface area contributed by atoms with Crippen molar-refractivity contribution >= 4 is 22.7 Å². The highest BCUT2D eigenvalue weighted by atomic mass is 32.2. The predicted molar refractivity (Wildman–Crippen MR) is 123 cm³/mol. The van der Waals surface area contributed by atoms with Crippen LogP contribution in [0.15, 0.2) is 72.1 Å². The quantitative estimate of drug-likeness (QED) is 0.329. The summed E-state index contributed by atoms with van der Waals surface area (Å²) in [6.07, 6.45) is 4.40. The Labute approximate surface area is 185 Å². The molecule has 4 aromatic rings. The summed E-state index contributed by atoms with van der Waals surface area (Å²) in [6, 6.07) is 18.0. The van der Waals surface area contributed by atoms with E-state index in [1.165, 1.54) is 5.56 Å². The third kappa shape index (κ3) is 4.72. The zero-order valence-corrected chi connectivity index (χ0v) is 18.4. The topological polar surface area (TPSA) is 73.0 Å². The van der Waals surface area contributed by atoms with Crippen LogP contribution in [0.25, 0.3) is 10.9 Å². The van der Waals surface area contributed by atoms with Crippen LogP contribution in [0, 0.1) is 5.41 Å². The fourth-order valence-electron chi connectivity index (χ4n) is 3.38. The van der Waals surface area contributed by atoms with Gasteiger partial charge in [-0.3, -0.25) is 10.4 Å². The molecule has 1 N–H and O–H groups in total. The summed E-state index contributed by atoms with van der Waals surface area (Å²) < 4.78 is 12.9. The third-order valence-electron chi connectivity index (χ3n) is 5.06. The Morgan fingerprint density at radius 2 is 1.65 bits per heavy atom. The summed E-state index contributed by atoms with van der Waals surface area (Å²) in [4.78, 5) is 8.99. The summed E-state index contributed by atoms with van der Waals surface area (Å²) in [5, 5.41) is 10.5. The van der Waals surface area contributed by atoms with Crippen molar-refractivity contribution in [2.45, 2.75) is 23.9 Å². The molecule has 0 radical (unpaired) electrons. The van der Waals surface area contributed by atoms with Gasteiger partial charge < -0.3 is 14.0 Å². The number of hydrogen-bond donors (Lipinski definition) is 1. The molecule has 0 saturated carbocycles. The van der Waals surface area contributed by atoms with Gasteiger partial charge in [0.2, 0.25) is 0 Å². The van der Waals surface area contributed by atoms with Crippen LogP contribution in [0.2, 0.25) is 0 Å². The molecule has 0 atom stereocenters. The minimum atomic E-state index is 0.416. The van der Waals surface area contributed by atoms with E-state index in [-0.39, 0.29) is 0 Å². The van der Waals surface area contributed by atoms with Gasteiger partial charge in [-0.2, -0.15) is 0 Å². The molecular weight excluding hydrogens is 408 g/mol.